The summed E-state index contributed by atoms with van der Waals surface area (Å²) < 4.78 is 27.0. The van der Waals surface area contributed by atoms with E-state index in [-0.39, 0.29) is 36.1 Å². The summed E-state index contributed by atoms with van der Waals surface area (Å²) >= 11 is 3.16. The van der Waals surface area contributed by atoms with Gasteiger partial charge in [-0.1, -0.05) is 12.1 Å². The van der Waals surface area contributed by atoms with Gasteiger partial charge in [-0.25, -0.2) is 8.78 Å². The van der Waals surface area contributed by atoms with E-state index in [0.29, 0.717) is 30.7 Å². The maximum atomic E-state index is 13.3. The van der Waals surface area contributed by atoms with Gasteiger partial charge >= 0.3 is 0 Å². The molecule has 1 aromatic rings. The summed E-state index contributed by atoms with van der Waals surface area (Å²) in [7, 11) is 0. The number of para-hydroxylation sites is 1. The normalized spacial score (nSPS) is 17.2. The van der Waals surface area contributed by atoms with Crippen LogP contribution in [-0.2, 0) is 0 Å². The number of nitrogens with one attached hydrogen (secondary N) is 1. The summed E-state index contributed by atoms with van der Waals surface area (Å²) in [6.07, 6.45) is -2.52. The van der Waals surface area contributed by atoms with Crippen molar-refractivity contribution in [1.29, 1.82) is 0 Å². The average molecular weight is 394 g/mol. The predicted molar refractivity (Wildman–Crippen MR) is 83.5 cm³/mol. The van der Waals surface area contributed by atoms with E-state index >= 15 is 0 Å². The quantitative estimate of drug-likeness (QED) is 0.827. The van der Waals surface area contributed by atoms with Crippen LogP contribution in [0.25, 0.3) is 0 Å². The highest BCUT2D eigenvalue weighted by Gasteiger charge is 2.32. The Bertz CT molecular complexity index is 420. The van der Waals surface area contributed by atoms with Crippen LogP contribution in [0.2, 0.25) is 0 Å². The molecule has 0 unspecified atom stereocenters. The maximum absolute atomic E-state index is 13.3. The standard InChI is InChI=1S/C12H15BrF2N2O.2ClH/c13-9-3-1-2-8(11(9)18)10(12(14)15)17-6-4-16-5-7-17;;/h1-3,10,12,16,18H,4-7H2;2*1H/t10-;;/m0../s1. The third-order valence-electron chi connectivity index (χ3n) is 3.12. The van der Waals surface area contributed by atoms with Crippen molar-refractivity contribution in [2.75, 3.05) is 26.2 Å². The Kier molecular flexibility index (Phi) is 8.93. The van der Waals surface area contributed by atoms with Gasteiger partial charge in [-0.15, -0.1) is 24.8 Å². The van der Waals surface area contributed by atoms with Crippen LogP contribution in [0.3, 0.4) is 0 Å². The molecule has 20 heavy (non-hydrogen) atoms. The SMILES string of the molecule is Cl.Cl.Oc1c(Br)cccc1[C@@H](C(F)F)N1CCNCC1. The number of phenols is 1. The molecule has 1 heterocycles. The zero-order chi connectivity index (χ0) is 13.1. The molecule has 0 saturated carbocycles. The van der Waals surface area contributed by atoms with Gasteiger partial charge < -0.3 is 10.4 Å². The first kappa shape index (κ1) is 19.9. The Balaban J connectivity index is 0.00000180. The monoisotopic (exact) mass is 392 g/mol. The number of aromatic hydroxyl groups is 1. The molecule has 3 nitrogen and oxygen atoms in total. The highest BCUT2D eigenvalue weighted by Crippen LogP contribution is 2.37. The number of nitrogens with zero attached hydrogens (tertiary/aromatic N) is 1. The van der Waals surface area contributed by atoms with Crippen molar-refractivity contribution in [3.8, 4) is 5.75 Å². The van der Waals surface area contributed by atoms with E-state index in [1.54, 1.807) is 23.1 Å². The highest BCUT2D eigenvalue weighted by atomic mass is 79.9. The fourth-order valence-electron chi connectivity index (χ4n) is 2.22. The second-order valence-corrected chi connectivity index (χ2v) is 5.10. The van der Waals surface area contributed by atoms with E-state index in [0.717, 1.165) is 0 Å². The Morgan fingerprint density at radius 3 is 2.35 bits per heavy atom. The minimum absolute atomic E-state index is 0. The van der Waals surface area contributed by atoms with Crippen LogP contribution in [0.4, 0.5) is 8.78 Å². The lowest BCUT2D eigenvalue weighted by atomic mass is 10.0. The predicted octanol–water partition coefficient (Wildman–Crippen LogP) is 3.21. The van der Waals surface area contributed by atoms with Crippen LogP contribution < -0.4 is 5.32 Å². The lowest BCUT2D eigenvalue weighted by molar-refractivity contribution is 0.0170. The Morgan fingerprint density at radius 2 is 1.80 bits per heavy atom. The van der Waals surface area contributed by atoms with Gasteiger partial charge in [-0.2, -0.15) is 0 Å². The molecular formula is C12H17BrCl2F2N2O. The van der Waals surface area contributed by atoms with Crippen molar-refractivity contribution >= 4 is 40.7 Å². The maximum Gasteiger partial charge on any atom is 0.258 e. The number of alkyl halides is 2. The number of hydrogen-bond acceptors (Lipinski definition) is 3. The zero-order valence-corrected chi connectivity index (χ0v) is 13.8. The van der Waals surface area contributed by atoms with E-state index in [2.05, 4.69) is 21.2 Å². The molecule has 1 aromatic carbocycles. The number of hydrogen-bond donors (Lipinski definition) is 2. The van der Waals surface area contributed by atoms with Crippen LogP contribution in [0.1, 0.15) is 11.6 Å². The largest absolute Gasteiger partial charge is 0.506 e. The van der Waals surface area contributed by atoms with Crippen LogP contribution in [0.5, 0.6) is 5.75 Å². The van der Waals surface area contributed by atoms with Gasteiger partial charge in [0.05, 0.1) is 4.47 Å². The lowest BCUT2D eigenvalue weighted by Crippen LogP contribution is -2.46. The smallest absolute Gasteiger partial charge is 0.258 e. The average Bonchev–Trinajstić information content (AvgIpc) is 2.36. The molecule has 1 saturated heterocycles. The Morgan fingerprint density at radius 1 is 1.20 bits per heavy atom. The number of phenolic OH excluding ortho intramolecular Hbond substituents is 1. The molecule has 116 valence electrons. The summed E-state index contributed by atoms with van der Waals surface area (Å²) in [6.45, 7) is 2.50. The van der Waals surface area contributed by atoms with Crippen molar-refractivity contribution in [1.82, 2.24) is 10.2 Å². The second kappa shape index (κ2) is 9.00. The van der Waals surface area contributed by atoms with Crippen LogP contribution in [0.15, 0.2) is 22.7 Å². The molecule has 1 fully saturated rings. The van der Waals surface area contributed by atoms with Crippen LogP contribution in [0, 0.1) is 0 Å². The van der Waals surface area contributed by atoms with Gasteiger partial charge in [-0.05, 0) is 22.0 Å². The van der Waals surface area contributed by atoms with Crippen LogP contribution >= 0.6 is 40.7 Å². The van der Waals surface area contributed by atoms with Crippen molar-refractivity contribution < 1.29 is 13.9 Å². The van der Waals surface area contributed by atoms with E-state index in [1.165, 1.54) is 0 Å². The first-order valence-electron chi connectivity index (χ1n) is 5.81. The molecule has 1 aliphatic heterocycles. The molecule has 8 heteroatoms. The third-order valence-corrected chi connectivity index (χ3v) is 3.76. The summed E-state index contributed by atoms with van der Waals surface area (Å²) in [4.78, 5) is 1.71. The van der Waals surface area contributed by atoms with Gasteiger partial charge in [0.25, 0.3) is 6.43 Å². The molecule has 0 aromatic heterocycles. The molecule has 1 aliphatic rings. The van der Waals surface area contributed by atoms with Crippen LogP contribution in [-0.4, -0.2) is 42.6 Å². The van der Waals surface area contributed by atoms with Gasteiger partial charge in [-0.3, -0.25) is 4.90 Å². The minimum atomic E-state index is -2.52. The number of rotatable bonds is 3. The first-order chi connectivity index (χ1) is 8.61. The fraction of sp³-hybridized carbons (Fsp3) is 0.500. The number of benzene rings is 1. The lowest BCUT2D eigenvalue weighted by Gasteiger charge is -2.35. The number of piperazine rings is 1. The van der Waals surface area contributed by atoms with Gasteiger partial charge in [0.2, 0.25) is 0 Å². The van der Waals surface area contributed by atoms with E-state index in [1.807, 2.05) is 0 Å². The molecule has 0 bridgehead atoms. The molecular weight excluding hydrogens is 377 g/mol. The molecule has 0 aliphatic carbocycles. The van der Waals surface area contributed by atoms with Crippen molar-refractivity contribution in [3.63, 3.8) is 0 Å². The third kappa shape index (κ3) is 4.43. The van der Waals surface area contributed by atoms with Gasteiger partial charge in [0.1, 0.15) is 11.8 Å². The molecule has 2 rings (SSSR count). The van der Waals surface area contributed by atoms with E-state index in [9.17, 15) is 13.9 Å². The van der Waals surface area contributed by atoms with Crippen molar-refractivity contribution in [3.05, 3.63) is 28.2 Å². The Labute approximate surface area is 137 Å². The van der Waals surface area contributed by atoms with Crippen molar-refractivity contribution in [2.45, 2.75) is 12.5 Å². The number of halogens is 5. The summed E-state index contributed by atoms with van der Waals surface area (Å²) in [6, 6.07) is 3.80. The molecule has 0 radical (unpaired) electrons. The van der Waals surface area contributed by atoms with Gasteiger partial charge in [0.15, 0.2) is 0 Å². The van der Waals surface area contributed by atoms with Gasteiger partial charge in [0, 0.05) is 31.7 Å². The topological polar surface area (TPSA) is 35.5 Å². The Hall–Kier alpha value is -0.140. The summed E-state index contributed by atoms with van der Waals surface area (Å²) in [5.41, 5.74) is 0.279. The summed E-state index contributed by atoms with van der Waals surface area (Å²) in [5, 5.41) is 13.1. The molecule has 0 spiro atoms. The highest BCUT2D eigenvalue weighted by molar-refractivity contribution is 9.10. The zero-order valence-electron chi connectivity index (χ0n) is 10.6. The minimum Gasteiger partial charge on any atom is -0.506 e. The summed E-state index contributed by atoms with van der Waals surface area (Å²) in [5.74, 6) is -0.0960. The molecule has 2 N–H and O–H groups in total. The van der Waals surface area contributed by atoms with E-state index in [4.69, 9.17) is 0 Å². The second-order valence-electron chi connectivity index (χ2n) is 4.24. The van der Waals surface area contributed by atoms with Crippen molar-refractivity contribution in [2.24, 2.45) is 0 Å². The fourth-order valence-corrected chi connectivity index (χ4v) is 2.60. The molecule has 1 atom stereocenters. The molecule has 0 amide bonds. The van der Waals surface area contributed by atoms with E-state index < -0.39 is 12.5 Å². The first-order valence-corrected chi connectivity index (χ1v) is 6.61.